The summed E-state index contributed by atoms with van der Waals surface area (Å²) in [6.45, 7) is 0. The lowest BCUT2D eigenvalue weighted by Gasteiger charge is -2.13. The molecule has 166 valence electrons. The first-order valence-electron chi connectivity index (χ1n) is 10.9. The molecule has 0 spiro atoms. The summed E-state index contributed by atoms with van der Waals surface area (Å²) in [5.41, 5.74) is 5.72. The number of carbonyl (C=O) groups excluding carboxylic acids is 1. The Morgan fingerprint density at radius 1 is 0.735 bits per heavy atom. The van der Waals surface area contributed by atoms with E-state index in [0.29, 0.717) is 11.3 Å². The third-order valence-corrected chi connectivity index (χ3v) is 6.92. The maximum absolute atomic E-state index is 12.9. The number of rotatable bonds is 7. The number of nitrogens with zero attached hydrogens (tertiary/aromatic N) is 2. The Kier molecular flexibility index (Phi) is 6.74. The van der Waals surface area contributed by atoms with Gasteiger partial charge in [0.15, 0.2) is 10.9 Å². The molecule has 0 radical (unpaired) electrons. The summed E-state index contributed by atoms with van der Waals surface area (Å²) >= 11 is 4.89. The second-order valence-corrected chi connectivity index (χ2v) is 9.57. The van der Waals surface area contributed by atoms with Gasteiger partial charge in [0.1, 0.15) is 0 Å². The van der Waals surface area contributed by atoms with Crippen LogP contribution in [0.3, 0.4) is 0 Å². The van der Waals surface area contributed by atoms with Crippen LogP contribution in [0.25, 0.3) is 28.2 Å². The minimum absolute atomic E-state index is 0.0719. The molecule has 0 N–H and O–H groups in total. The van der Waals surface area contributed by atoms with Gasteiger partial charge in [-0.25, -0.2) is 4.98 Å². The molecule has 0 aliphatic heterocycles. The number of hydrogen-bond donors (Lipinski definition) is 0. The number of benzene rings is 4. The average molecular weight is 525 g/mol. The van der Waals surface area contributed by atoms with Crippen LogP contribution in [0.2, 0.25) is 0 Å². The van der Waals surface area contributed by atoms with Gasteiger partial charge in [0.2, 0.25) is 0 Å². The van der Waals surface area contributed by atoms with Crippen molar-refractivity contribution in [2.75, 3.05) is 5.75 Å². The van der Waals surface area contributed by atoms with Gasteiger partial charge in [0.05, 0.1) is 17.1 Å². The van der Waals surface area contributed by atoms with E-state index in [9.17, 15) is 4.79 Å². The van der Waals surface area contributed by atoms with Gasteiger partial charge >= 0.3 is 0 Å². The number of imidazole rings is 1. The summed E-state index contributed by atoms with van der Waals surface area (Å²) in [6.07, 6.45) is 0. The quantitative estimate of drug-likeness (QED) is 0.160. The maximum Gasteiger partial charge on any atom is 0.174 e. The van der Waals surface area contributed by atoms with Crippen molar-refractivity contribution < 1.29 is 4.79 Å². The van der Waals surface area contributed by atoms with E-state index in [-0.39, 0.29) is 5.78 Å². The lowest BCUT2D eigenvalue weighted by atomic mass is 10.0. The Morgan fingerprint density at radius 2 is 1.29 bits per heavy atom. The highest BCUT2D eigenvalue weighted by atomic mass is 79.9. The largest absolute Gasteiger partial charge is 0.293 e. The molecule has 0 aliphatic rings. The highest BCUT2D eigenvalue weighted by molar-refractivity contribution is 9.10. The van der Waals surface area contributed by atoms with E-state index in [1.807, 2.05) is 78.9 Å². The molecule has 0 saturated carbocycles. The molecule has 0 atom stereocenters. The van der Waals surface area contributed by atoms with Gasteiger partial charge in [0.25, 0.3) is 0 Å². The summed E-state index contributed by atoms with van der Waals surface area (Å²) in [7, 11) is 0. The number of thioether (sulfide) groups is 1. The first kappa shape index (κ1) is 22.4. The molecule has 0 unspecified atom stereocenters. The van der Waals surface area contributed by atoms with Gasteiger partial charge < -0.3 is 0 Å². The first-order valence-corrected chi connectivity index (χ1v) is 12.7. The number of aromatic nitrogens is 2. The van der Waals surface area contributed by atoms with Gasteiger partial charge in [-0.1, -0.05) is 119 Å². The zero-order valence-corrected chi connectivity index (χ0v) is 20.7. The van der Waals surface area contributed by atoms with Gasteiger partial charge in [-0.15, -0.1) is 0 Å². The number of Topliss-reactive ketones (excluding diaryl/α,β-unsaturated/α-hetero) is 1. The molecule has 0 saturated heterocycles. The molecular weight excluding hydrogens is 504 g/mol. The van der Waals surface area contributed by atoms with E-state index in [4.69, 9.17) is 4.98 Å². The molecule has 3 nitrogen and oxygen atoms in total. The number of ketones is 1. The van der Waals surface area contributed by atoms with Crippen LogP contribution in [-0.4, -0.2) is 21.1 Å². The summed E-state index contributed by atoms with van der Waals surface area (Å²) in [5.74, 6) is 0.371. The third kappa shape index (κ3) is 4.76. The second-order valence-electron chi connectivity index (χ2n) is 7.71. The van der Waals surface area contributed by atoms with Crippen molar-refractivity contribution in [1.82, 2.24) is 9.55 Å². The molecule has 0 aliphatic carbocycles. The van der Waals surface area contributed by atoms with Crippen molar-refractivity contribution in [2.24, 2.45) is 0 Å². The van der Waals surface area contributed by atoms with Crippen LogP contribution in [-0.2, 0) is 0 Å². The van der Waals surface area contributed by atoms with Gasteiger partial charge in [-0.05, 0) is 24.3 Å². The van der Waals surface area contributed by atoms with Crippen molar-refractivity contribution in [3.63, 3.8) is 0 Å². The molecular formula is C29H21BrN2OS. The maximum atomic E-state index is 12.9. The average Bonchev–Trinajstić information content (AvgIpc) is 3.29. The lowest BCUT2D eigenvalue weighted by molar-refractivity contribution is 0.102. The summed E-state index contributed by atoms with van der Waals surface area (Å²) < 4.78 is 3.12. The molecule has 5 aromatic rings. The Balaban J connectivity index is 1.63. The molecule has 0 fully saturated rings. The third-order valence-electron chi connectivity index (χ3n) is 5.45. The van der Waals surface area contributed by atoms with Crippen LogP contribution < -0.4 is 0 Å². The molecule has 4 aromatic carbocycles. The molecule has 5 rings (SSSR count). The zero-order chi connectivity index (χ0) is 23.3. The molecule has 1 aromatic heterocycles. The number of hydrogen-bond acceptors (Lipinski definition) is 3. The van der Waals surface area contributed by atoms with Crippen molar-refractivity contribution in [3.05, 3.63) is 125 Å². The Labute approximate surface area is 211 Å². The second kappa shape index (κ2) is 10.2. The minimum Gasteiger partial charge on any atom is -0.293 e. The fourth-order valence-electron chi connectivity index (χ4n) is 3.82. The molecule has 0 bridgehead atoms. The van der Waals surface area contributed by atoms with Crippen molar-refractivity contribution in [3.8, 4) is 28.2 Å². The molecule has 5 heteroatoms. The molecule has 0 amide bonds. The topological polar surface area (TPSA) is 34.9 Å². The summed E-state index contributed by atoms with van der Waals surface area (Å²) in [6, 6.07) is 38.2. The highest BCUT2D eigenvalue weighted by Crippen LogP contribution is 2.38. The SMILES string of the molecule is O=C(CSc1nc(-c2ccccc2)c(-c2ccccc2)n1-c1ccccc1)c1ccc(Br)cc1. The lowest BCUT2D eigenvalue weighted by Crippen LogP contribution is -2.05. The minimum atomic E-state index is 0.0719. The Morgan fingerprint density at radius 3 is 1.91 bits per heavy atom. The molecule has 1 heterocycles. The predicted octanol–water partition coefficient (Wildman–Crippen LogP) is 7.94. The van der Waals surface area contributed by atoms with E-state index in [0.717, 1.165) is 37.8 Å². The van der Waals surface area contributed by atoms with Crippen LogP contribution >= 0.6 is 27.7 Å². The van der Waals surface area contributed by atoms with E-state index >= 15 is 0 Å². The van der Waals surface area contributed by atoms with Crippen molar-refractivity contribution >= 4 is 33.5 Å². The van der Waals surface area contributed by atoms with Gasteiger partial charge in [-0.3, -0.25) is 9.36 Å². The fourth-order valence-corrected chi connectivity index (χ4v) is 4.99. The summed E-state index contributed by atoms with van der Waals surface area (Å²) in [4.78, 5) is 18.0. The number of carbonyl (C=O) groups is 1. The van der Waals surface area contributed by atoms with Crippen LogP contribution in [0.15, 0.2) is 125 Å². The summed E-state index contributed by atoms with van der Waals surface area (Å²) in [5, 5.41) is 0.786. The normalized spacial score (nSPS) is 10.9. The van der Waals surface area contributed by atoms with Crippen LogP contribution in [0.1, 0.15) is 10.4 Å². The Hall–Kier alpha value is -3.41. The van der Waals surface area contributed by atoms with Crippen molar-refractivity contribution in [2.45, 2.75) is 5.16 Å². The zero-order valence-electron chi connectivity index (χ0n) is 18.3. The van der Waals surface area contributed by atoms with Crippen LogP contribution in [0.4, 0.5) is 0 Å². The molecule has 34 heavy (non-hydrogen) atoms. The smallest absolute Gasteiger partial charge is 0.174 e. The monoisotopic (exact) mass is 524 g/mol. The fraction of sp³-hybridized carbons (Fsp3) is 0.0345. The number of halogens is 1. The van der Waals surface area contributed by atoms with Gasteiger partial charge in [0, 0.05) is 26.9 Å². The van der Waals surface area contributed by atoms with Crippen LogP contribution in [0.5, 0.6) is 0 Å². The van der Waals surface area contributed by atoms with E-state index < -0.39 is 0 Å². The first-order chi connectivity index (χ1) is 16.7. The van der Waals surface area contributed by atoms with Crippen molar-refractivity contribution in [1.29, 1.82) is 0 Å². The number of para-hydroxylation sites is 1. The highest BCUT2D eigenvalue weighted by Gasteiger charge is 2.22. The van der Waals surface area contributed by atoms with Crippen LogP contribution in [0, 0.1) is 0 Å². The standard InChI is InChI=1S/C29H21BrN2OS/c30-24-18-16-21(17-19-24)26(33)20-34-29-31-27(22-10-4-1-5-11-22)28(23-12-6-2-7-13-23)32(29)25-14-8-3-9-15-25/h1-19H,20H2. The van der Waals surface area contributed by atoms with E-state index in [1.165, 1.54) is 11.8 Å². The predicted molar refractivity (Wildman–Crippen MR) is 144 cm³/mol. The van der Waals surface area contributed by atoms with Gasteiger partial charge in [-0.2, -0.15) is 0 Å². The Bertz CT molecular complexity index is 1400. The van der Waals surface area contributed by atoms with E-state index in [1.54, 1.807) is 0 Å². The van der Waals surface area contributed by atoms with E-state index in [2.05, 4.69) is 56.9 Å².